The lowest BCUT2D eigenvalue weighted by Crippen LogP contribution is -2.44. The minimum absolute atomic E-state index is 0.0235. The molecule has 0 bridgehead atoms. The highest BCUT2D eigenvalue weighted by atomic mass is 35.5. The van der Waals surface area contributed by atoms with Crippen LogP contribution >= 0.6 is 11.6 Å². The molecule has 1 saturated carbocycles. The summed E-state index contributed by atoms with van der Waals surface area (Å²) in [6, 6.07) is 14.8. The van der Waals surface area contributed by atoms with Crippen LogP contribution in [0.1, 0.15) is 41.6 Å². The number of carbonyl (C=O) groups is 1. The molecule has 2 aliphatic rings. The Balaban J connectivity index is 1.35. The largest absolute Gasteiger partial charge is 0.349 e. The van der Waals surface area contributed by atoms with E-state index in [1.807, 2.05) is 18.2 Å². The van der Waals surface area contributed by atoms with Gasteiger partial charge >= 0.3 is 0 Å². The van der Waals surface area contributed by atoms with E-state index >= 15 is 0 Å². The van der Waals surface area contributed by atoms with Crippen LogP contribution in [0.3, 0.4) is 0 Å². The zero-order valence-electron chi connectivity index (χ0n) is 16.7. The van der Waals surface area contributed by atoms with E-state index in [9.17, 15) is 13.2 Å². The summed E-state index contributed by atoms with van der Waals surface area (Å²) in [5.74, 6) is -0.268. The van der Waals surface area contributed by atoms with Gasteiger partial charge in [0.2, 0.25) is 10.0 Å². The summed E-state index contributed by atoms with van der Waals surface area (Å²) >= 11 is 6.11. The Hall–Kier alpha value is -1.93. The van der Waals surface area contributed by atoms with Crippen molar-refractivity contribution in [3.8, 4) is 0 Å². The second-order valence-corrected chi connectivity index (χ2v) is 10.1. The molecule has 0 unspecified atom stereocenters. The molecule has 30 heavy (non-hydrogen) atoms. The average Bonchev–Trinajstić information content (AvgIpc) is 3.53. The van der Waals surface area contributed by atoms with E-state index in [2.05, 4.69) is 27.1 Å². The minimum Gasteiger partial charge on any atom is -0.349 e. The molecule has 2 fully saturated rings. The molecule has 1 saturated heterocycles. The minimum atomic E-state index is -3.72. The van der Waals surface area contributed by atoms with E-state index < -0.39 is 10.0 Å². The molecule has 160 valence electrons. The molecule has 4 rings (SSSR count). The van der Waals surface area contributed by atoms with Crippen molar-refractivity contribution in [2.24, 2.45) is 0 Å². The number of nitrogens with one attached hydrogen (secondary N) is 2. The van der Waals surface area contributed by atoms with Crippen molar-refractivity contribution >= 4 is 27.5 Å². The zero-order valence-corrected chi connectivity index (χ0v) is 18.3. The summed E-state index contributed by atoms with van der Waals surface area (Å²) in [4.78, 5) is 15.1. The summed E-state index contributed by atoms with van der Waals surface area (Å²) in [5.41, 5.74) is 1.59. The fraction of sp³-hybridized carbons (Fsp3) is 0.409. The number of nitrogens with zero attached hydrogens (tertiary/aromatic N) is 1. The van der Waals surface area contributed by atoms with Gasteiger partial charge in [-0.1, -0.05) is 41.9 Å². The second kappa shape index (κ2) is 9.06. The molecule has 0 spiro atoms. The number of hydrogen-bond donors (Lipinski definition) is 2. The Labute approximate surface area is 182 Å². The van der Waals surface area contributed by atoms with Gasteiger partial charge in [-0.15, -0.1) is 0 Å². The molecule has 6 nitrogen and oxygen atoms in total. The first-order chi connectivity index (χ1) is 14.4. The van der Waals surface area contributed by atoms with Gasteiger partial charge in [-0.25, -0.2) is 13.1 Å². The van der Waals surface area contributed by atoms with Crippen LogP contribution in [0.25, 0.3) is 0 Å². The SMILES string of the molecule is O=C(NC1CCN(Cc2ccccc2)CC1)c1ccc(Cl)c(S(=O)(=O)NC2CC2)c1. The van der Waals surface area contributed by atoms with Gasteiger partial charge in [-0.05, 0) is 49.4 Å². The summed E-state index contributed by atoms with van der Waals surface area (Å²) in [6.07, 6.45) is 3.39. The van der Waals surface area contributed by atoms with Crippen molar-refractivity contribution in [2.75, 3.05) is 13.1 Å². The van der Waals surface area contributed by atoms with Gasteiger partial charge in [-0.3, -0.25) is 9.69 Å². The molecule has 2 N–H and O–H groups in total. The first kappa shape index (κ1) is 21.3. The van der Waals surface area contributed by atoms with Crippen LogP contribution < -0.4 is 10.0 Å². The zero-order chi connectivity index (χ0) is 21.1. The average molecular weight is 448 g/mol. The number of halogens is 1. The molecule has 1 aliphatic heterocycles. The number of piperidine rings is 1. The molecule has 2 aromatic rings. The molecule has 0 radical (unpaired) electrons. The molecule has 1 aliphatic carbocycles. The van der Waals surface area contributed by atoms with Gasteiger partial charge < -0.3 is 5.32 Å². The van der Waals surface area contributed by atoms with Crippen molar-refractivity contribution in [3.63, 3.8) is 0 Å². The monoisotopic (exact) mass is 447 g/mol. The Morgan fingerprint density at radius 1 is 1.00 bits per heavy atom. The van der Waals surface area contributed by atoms with Crippen LogP contribution in [0, 0.1) is 0 Å². The van der Waals surface area contributed by atoms with Gasteiger partial charge in [0.15, 0.2) is 0 Å². The van der Waals surface area contributed by atoms with Crippen molar-refractivity contribution in [1.29, 1.82) is 0 Å². The Morgan fingerprint density at radius 2 is 1.70 bits per heavy atom. The molecular weight excluding hydrogens is 422 g/mol. The molecule has 0 aromatic heterocycles. The predicted molar refractivity (Wildman–Crippen MR) is 117 cm³/mol. The molecule has 8 heteroatoms. The normalized spacial score (nSPS) is 18.3. The highest BCUT2D eigenvalue weighted by molar-refractivity contribution is 7.89. The summed E-state index contributed by atoms with van der Waals surface area (Å²) in [6.45, 7) is 2.73. The van der Waals surface area contributed by atoms with E-state index in [4.69, 9.17) is 11.6 Å². The maximum Gasteiger partial charge on any atom is 0.251 e. The quantitative estimate of drug-likeness (QED) is 0.683. The van der Waals surface area contributed by atoms with Gasteiger partial charge in [0, 0.05) is 37.3 Å². The topological polar surface area (TPSA) is 78.5 Å². The molecule has 1 heterocycles. The van der Waals surface area contributed by atoms with Crippen LogP contribution in [0.4, 0.5) is 0 Å². The van der Waals surface area contributed by atoms with Gasteiger partial charge in [0.25, 0.3) is 5.91 Å². The number of benzene rings is 2. The summed E-state index contributed by atoms with van der Waals surface area (Å²) < 4.78 is 27.7. The number of hydrogen-bond acceptors (Lipinski definition) is 4. The highest BCUT2D eigenvalue weighted by Gasteiger charge is 2.30. The van der Waals surface area contributed by atoms with Gasteiger partial charge in [0.1, 0.15) is 4.90 Å². The Morgan fingerprint density at radius 3 is 2.37 bits per heavy atom. The third-order valence-corrected chi connectivity index (χ3v) is 7.56. The molecule has 0 atom stereocenters. The highest BCUT2D eigenvalue weighted by Crippen LogP contribution is 2.27. The fourth-order valence-electron chi connectivity index (χ4n) is 3.68. The van der Waals surface area contributed by atoms with Crippen LogP contribution in [0.2, 0.25) is 5.02 Å². The predicted octanol–water partition coefficient (Wildman–Crippen LogP) is 3.18. The number of likely N-dealkylation sites (tertiary alicyclic amines) is 1. The van der Waals surface area contributed by atoms with Crippen LogP contribution in [-0.4, -0.2) is 44.4 Å². The fourth-order valence-corrected chi connectivity index (χ4v) is 5.51. The van der Waals surface area contributed by atoms with E-state index in [1.165, 1.54) is 17.7 Å². The maximum atomic E-state index is 12.7. The Kier molecular flexibility index (Phi) is 6.43. The lowest BCUT2D eigenvalue weighted by Gasteiger charge is -2.32. The van der Waals surface area contributed by atoms with E-state index in [0.29, 0.717) is 5.56 Å². The molecule has 1 amide bonds. The lowest BCUT2D eigenvalue weighted by molar-refractivity contribution is 0.0908. The number of rotatable bonds is 7. The van der Waals surface area contributed by atoms with Gasteiger partial charge in [-0.2, -0.15) is 0 Å². The standard InChI is InChI=1S/C22H26ClN3O3S/c23-20-9-6-17(14-21(20)30(28,29)25-19-7-8-19)22(27)24-18-10-12-26(13-11-18)15-16-4-2-1-3-5-16/h1-6,9,14,18-19,25H,7-8,10-13,15H2,(H,24,27). The smallest absolute Gasteiger partial charge is 0.251 e. The number of amides is 1. The van der Waals surface area contributed by atoms with Crippen molar-refractivity contribution < 1.29 is 13.2 Å². The lowest BCUT2D eigenvalue weighted by atomic mass is 10.0. The number of carbonyl (C=O) groups excluding carboxylic acids is 1. The van der Waals surface area contributed by atoms with Crippen molar-refractivity contribution in [3.05, 3.63) is 64.7 Å². The molecule has 2 aromatic carbocycles. The summed E-state index contributed by atoms with van der Waals surface area (Å²) in [7, 11) is -3.72. The van der Waals surface area contributed by atoms with E-state index in [-0.39, 0.29) is 27.9 Å². The maximum absolute atomic E-state index is 12.7. The third-order valence-electron chi connectivity index (χ3n) is 5.55. The van der Waals surface area contributed by atoms with Crippen molar-refractivity contribution in [2.45, 2.75) is 49.2 Å². The van der Waals surface area contributed by atoms with Crippen molar-refractivity contribution in [1.82, 2.24) is 14.9 Å². The third kappa shape index (κ3) is 5.40. The van der Waals surface area contributed by atoms with Crippen LogP contribution in [0.15, 0.2) is 53.4 Å². The van der Waals surface area contributed by atoms with E-state index in [1.54, 1.807) is 6.07 Å². The van der Waals surface area contributed by atoms with Crippen LogP contribution in [-0.2, 0) is 16.6 Å². The summed E-state index contributed by atoms with van der Waals surface area (Å²) in [5, 5.41) is 3.17. The first-order valence-electron chi connectivity index (χ1n) is 10.3. The van der Waals surface area contributed by atoms with Crippen LogP contribution in [0.5, 0.6) is 0 Å². The number of sulfonamides is 1. The first-order valence-corrected chi connectivity index (χ1v) is 12.2. The van der Waals surface area contributed by atoms with E-state index in [0.717, 1.165) is 45.3 Å². The van der Waals surface area contributed by atoms with Gasteiger partial charge in [0.05, 0.1) is 5.02 Å². The molecular formula is C22H26ClN3O3S. The second-order valence-electron chi connectivity index (χ2n) is 8.05. The Bertz CT molecular complexity index is 1000.